The quantitative estimate of drug-likeness (QED) is 0.571. The zero-order chi connectivity index (χ0) is 8.91. The van der Waals surface area contributed by atoms with E-state index in [2.05, 4.69) is 20.8 Å². The van der Waals surface area contributed by atoms with Gasteiger partial charge in [-0.1, -0.05) is 33.8 Å². The van der Waals surface area contributed by atoms with Gasteiger partial charge in [-0.05, 0) is 17.9 Å². The normalized spacial score (nSPS) is 12.4. The summed E-state index contributed by atoms with van der Waals surface area (Å²) in [6.45, 7) is 8.27. The summed E-state index contributed by atoms with van der Waals surface area (Å²) in [5.41, 5.74) is 0.128. The Morgan fingerprint density at radius 2 is 1.91 bits per heavy atom. The van der Waals surface area contributed by atoms with Crippen molar-refractivity contribution in [1.29, 1.82) is 0 Å². The molecule has 1 nitrogen and oxygen atoms in total. The van der Waals surface area contributed by atoms with Crippen molar-refractivity contribution < 1.29 is 4.79 Å². The van der Waals surface area contributed by atoms with E-state index in [0.717, 1.165) is 6.42 Å². The van der Waals surface area contributed by atoms with Gasteiger partial charge in [0.05, 0.1) is 0 Å². The molecular formula is C10H18O. The van der Waals surface area contributed by atoms with Crippen LogP contribution in [0.5, 0.6) is 0 Å². The van der Waals surface area contributed by atoms with Crippen LogP contribution in [0.1, 0.15) is 40.5 Å². The summed E-state index contributed by atoms with van der Waals surface area (Å²) in [4.78, 5) is 11.0. The largest absolute Gasteiger partial charge is 0.295 e. The molecule has 0 radical (unpaired) electrons. The van der Waals surface area contributed by atoms with E-state index in [9.17, 15) is 4.79 Å². The van der Waals surface area contributed by atoms with Crippen LogP contribution in [0, 0.1) is 5.41 Å². The lowest BCUT2D eigenvalue weighted by Gasteiger charge is -2.10. The van der Waals surface area contributed by atoms with Gasteiger partial charge < -0.3 is 0 Å². The van der Waals surface area contributed by atoms with Gasteiger partial charge in [0.2, 0.25) is 0 Å². The van der Waals surface area contributed by atoms with Gasteiger partial charge in [-0.2, -0.15) is 0 Å². The molecule has 0 amide bonds. The highest BCUT2D eigenvalue weighted by Crippen LogP contribution is 2.14. The van der Waals surface area contributed by atoms with Gasteiger partial charge in [0.25, 0.3) is 0 Å². The molecule has 0 unspecified atom stereocenters. The number of rotatable bonds is 3. The molecule has 11 heavy (non-hydrogen) atoms. The first kappa shape index (κ1) is 10.4. The molecule has 0 spiro atoms. The summed E-state index contributed by atoms with van der Waals surface area (Å²) in [6, 6.07) is 0. The van der Waals surface area contributed by atoms with E-state index >= 15 is 0 Å². The minimum Gasteiger partial charge on any atom is -0.295 e. The fourth-order valence-corrected chi connectivity index (χ4v) is 0.673. The lowest BCUT2D eigenvalue weighted by molar-refractivity contribution is -0.114. The Labute approximate surface area is 69.5 Å². The van der Waals surface area contributed by atoms with E-state index in [-0.39, 0.29) is 11.2 Å². The highest BCUT2D eigenvalue weighted by Gasteiger charge is 2.04. The van der Waals surface area contributed by atoms with Crippen LogP contribution in [0.25, 0.3) is 0 Å². The first-order valence-corrected chi connectivity index (χ1v) is 4.18. The molecule has 0 aliphatic rings. The number of hydrogen-bond acceptors (Lipinski definition) is 1. The predicted octanol–water partition coefficient (Wildman–Crippen LogP) is 2.96. The maximum atomic E-state index is 11.0. The molecule has 0 aliphatic heterocycles. The number of allylic oxidation sites excluding steroid dienone is 2. The molecule has 0 fully saturated rings. The summed E-state index contributed by atoms with van der Waals surface area (Å²) in [7, 11) is 0. The summed E-state index contributed by atoms with van der Waals surface area (Å²) < 4.78 is 0. The number of carbonyl (C=O) groups is 1. The lowest BCUT2D eigenvalue weighted by Crippen LogP contribution is -2.01. The van der Waals surface area contributed by atoms with Crippen LogP contribution in [-0.4, -0.2) is 5.78 Å². The zero-order valence-electron chi connectivity index (χ0n) is 7.98. The van der Waals surface area contributed by atoms with E-state index in [4.69, 9.17) is 0 Å². The standard InChI is InChI=1S/C10H18O/c1-5-6-9(11)7-8-10(2,3)4/h7-8H,5-6H2,1-4H3/b8-7+. The molecule has 0 rings (SSSR count). The van der Waals surface area contributed by atoms with E-state index in [1.807, 2.05) is 13.0 Å². The second kappa shape index (κ2) is 4.32. The Hall–Kier alpha value is -0.590. The van der Waals surface area contributed by atoms with Crippen molar-refractivity contribution in [3.05, 3.63) is 12.2 Å². The molecule has 1 heteroatoms. The second-order valence-electron chi connectivity index (χ2n) is 3.92. The summed E-state index contributed by atoms with van der Waals surface area (Å²) in [5, 5.41) is 0. The topological polar surface area (TPSA) is 17.1 Å². The van der Waals surface area contributed by atoms with Crippen LogP contribution in [0.15, 0.2) is 12.2 Å². The van der Waals surface area contributed by atoms with E-state index in [1.54, 1.807) is 6.08 Å². The Morgan fingerprint density at radius 1 is 1.36 bits per heavy atom. The van der Waals surface area contributed by atoms with Gasteiger partial charge >= 0.3 is 0 Å². The summed E-state index contributed by atoms with van der Waals surface area (Å²) in [5.74, 6) is 0.238. The highest BCUT2D eigenvalue weighted by molar-refractivity contribution is 5.89. The lowest BCUT2D eigenvalue weighted by atomic mass is 9.95. The smallest absolute Gasteiger partial charge is 0.155 e. The predicted molar refractivity (Wildman–Crippen MR) is 48.5 cm³/mol. The van der Waals surface area contributed by atoms with Gasteiger partial charge in [-0.15, -0.1) is 0 Å². The van der Waals surface area contributed by atoms with Gasteiger partial charge in [0, 0.05) is 6.42 Å². The maximum Gasteiger partial charge on any atom is 0.155 e. The molecule has 0 saturated carbocycles. The molecule has 0 aliphatic carbocycles. The third kappa shape index (κ3) is 7.31. The van der Waals surface area contributed by atoms with Crippen molar-refractivity contribution >= 4 is 5.78 Å². The highest BCUT2D eigenvalue weighted by atomic mass is 16.1. The zero-order valence-corrected chi connectivity index (χ0v) is 7.98. The van der Waals surface area contributed by atoms with E-state index in [1.165, 1.54) is 0 Å². The SMILES string of the molecule is CCCC(=O)/C=C/C(C)(C)C. The van der Waals surface area contributed by atoms with Gasteiger partial charge in [-0.25, -0.2) is 0 Å². The van der Waals surface area contributed by atoms with Gasteiger partial charge in [0.1, 0.15) is 0 Å². The number of hydrogen-bond donors (Lipinski definition) is 0. The number of ketones is 1. The molecule has 0 saturated heterocycles. The van der Waals surface area contributed by atoms with Crippen LogP contribution in [0.4, 0.5) is 0 Å². The average molecular weight is 154 g/mol. The van der Waals surface area contributed by atoms with Crippen molar-refractivity contribution in [3.63, 3.8) is 0 Å². The fraction of sp³-hybridized carbons (Fsp3) is 0.700. The second-order valence-corrected chi connectivity index (χ2v) is 3.92. The minimum atomic E-state index is 0.128. The van der Waals surface area contributed by atoms with Crippen LogP contribution < -0.4 is 0 Å². The van der Waals surface area contributed by atoms with Crippen molar-refractivity contribution in [3.8, 4) is 0 Å². The van der Waals surface area contributed by atoms with Crippen LogP contribution in [-0.2, 0) is 4.79 Å². The van der Waals surface area contributed by atoms with E-state index in [0.29, 0.717) is 6.42 Å². The summed E-state index contributed by atoms with van der Waals surface area (Å²) >= 11 is 0. The van der Waals surface area contributed by atoms with Crippen LogP contribution >= 0.6 is 0 Å². The third-order valence-corrected chi connectivity index (χ3v) is 1.27. The minimum absolute atomic E-state index is 0.128. The Morgan fingerprint density at radius 3 is 2.27 bits per heavy atom. The van der Waals surface area contributed by atoms with Crippen molar-refractivity contribution in [2.75, 3.05) is 0 Å². The molecule has 0 aromatic carbocycles. The van der Waals surface area contributed by atoms with Crippen LogP contribution in [0.2, 0.25) is 0 Å². The molecule has 0 aromatic heterocycles. The molecule has 0 atom stereocenters. The Kier molecular flexibility index (Phi) is 4.09. The first-order chi connectivity index (χ1) is 4.95. The molecule has 64 valence electrons. The maximum absolute atomic E-state index is 11.0. The van der Waals surface area contributed by atoms with Crippen molar-refractivity contribution in [2.45, 2.75) is 40.5 Å². The Bertz CT molecular complexity index is 149. The molecule has 0 aromatic rings. The van der Waals surface area contributed by atoms with Gasteiger partial charge in [0.15, 0.2) is 5.78 Å². The average Bonchev–Trinajstić information content (AvgIpc) is 1.83. The van der Waals surface area contributed by atoms with Crippen molar-refractivity contribution in [1.82, 2.24) is 0 Å². The summed E-state index contributed by atoms with van der Waals surface area (Å²) in [6.07, 6.45) is 5.27. The number of carbonyl (C=O) groups excluding carboxylic acids is 1. The van der Waals surface area contributed by atoms with Gasteiger partial charge in [-0.3, -0.25) is 4.79 Å². The van der Waals surface area contributed by atoms with Crippen molar-refractivity contribution in [2.24, 2.45) is 5.41 Å². The Balaban J connectivity index is 3.83. The molecule has 0 N–H and O–H groups in total. The van der Waals surface area contributed by atoms with Crippen LogP contribution in [0.3, 0.4) is 0 Å². The van der Waals surface area contributed by atoms with E-state index < -0.39 is 0 Å². The molecular weight excluding hydrogens is 136 g/mol. The molecule has 0 bridgehead atoms. The fourth-order valence-electron chi connectivity index (χ4n) is 0.673. The monoisotopic (exact) mass is 154 g/mol. The third-order valence-electron chi connectivity index (χ3n) is 1.27. The molecule has 0 heterocycles. The first-order valence-electron chi connectivity index (χ1n) is 4.18.